The Hall–Kier alpha value is -1.50. The molecule has 25 heavy (non-hydrogen) atoms. The molecule has 1 unspecified atom stereocenters. The van der Waals surface area contributed by atoms with Gasteiger partial charge in [-0.3, -0.25) is 0 Å². The molecular weight excluding hydrogens is 376 g/mol. The molecule has 0 spiro atoms. The summed E-state index contributed by atoms with van der Waals surface area (Å²) in [7, 11) is 0. The van der Waals surface area contributed by atoms with Gasteiger partial charge in [0, 0.05) is 22.5 Å². The van der Waals surface area contributed by atoms with Gasteiger partial charge in [-0.1, -0.05) is 23.2 Å². The maximum atomic E-state index is 14.4. The van der Waals surface area contributed by atoms with Crippen molar-refractivity contribution < 1.29 is 17.9 Å². The van der Waals surface area contributed by atoms with Crippen molar-refractivity contribution in [2.75, 3.05) is 11.9 Å². The Morgan fingerprint density at radius 2 is 1.84 bits per heavy atom. The highest BCUT2D eigenvalue weighted by Crippen LogP contribution is 2.54. The van der Waals surface area contributed by atoms with Crippen LogP contribution < -0.4 is 5.32 Å². The summed E-state index contributed by atoms with van der Waals surface area (Å²) in [5.74, 6) is 0.101. The highest BCUT2D eigenvalue weighted by atomic mass is 35.5. The van der Waals surface area contributed by atoms with E-state index in [0.29, 0.717) is 0 Å². The molecule has 0 fully saturated rings. The number of fused-ring (bicyclic) bond motifs is 2. The maximum absolute atomic E-state index is 14.4. The zero-order valence-electron chi connectivity index (χ0n) is 13.4. The van der Waals surface area contributed by atoms with Crippen molar-refractivity contribution in [1.82, 2.24) is 4.98 Å². The maximum Gasteiger partial charge on any atom is 0.404 e. The zero-order chi connectivity index (χ0) is 18.4. The van der Waals surface area contributed by atoms with Gasteiger partial charge in [0.1, 0.15) is 11.2 Å². The molecule has 3 nitrogen and oxygen atoms in total. The van der Waals surface area contributed by atoms with Gasteiger partial charge < -0.3 is 10.1 Å². The fourth-order valence-corrected chi connectivity index (χ4v) is 3.28. The largest absolute Gasteiger partial charge is 0.404 e. The van der Waals surface area contributed by atoms with E-state index in [0.717, 1.165) is 0 Å². The molecule has 1 aromatic heterocycles. The Bertz CT molecular complexity index is 757. The van der Waals surface area contributed by atoms with E-state index in [1.54, 1.807) is 13.8 Å². The average molecular weight is 391 g/mol. The normalized spacial score (nSPS) is 19.4. The van der Waals surface area contributed by atoms with Gasteiger partial charge >= 0.3 is 6.18 Å². The Morgan fingerprint density at radius 3 is 2.48 bits per heavy atom. The van der Waals surface area contributed by atoms with Gasteiger partial charge in [-0.15, -0.1) is 0 Å². The van der Waals surface area contributed by atoms with Crippen molar-refractivity contribution in [3.8, 4) is 0 Å². The van der Waals surface area contributed by atoms with Crippen LogP contribution in [-0.2, 0) is 10.2 Å². The molecule has 1 aliphatic heterocycles. The van der Waals surface area contributed by atoms with E-state index in [1.807, 2.05) is 0 Å². The topological polar surface area (TPSA) is 34.1 Å². The van der Waals surface area contributed by atoms with Gasteiger partial charge in [-0.25, -0.2) is 4.98 Å². The molecule has 2 aromatic rings. The van der Waals surface area contributed by atoms with Crippen molar-refractivity contribution in [2.45, 2.75) is 31.5 Å². The second kappa shape index (κ2) is 6.34. The number of pyridine rings is 1. The van der Waals surface area contributed by atoms with Crippen LogP contribution in [0.25, 0.3) is 0 Å². The van der Waals surface area contributed by atoms with Crippen LogP contribution in [0.3, 0.4) is 0 Å². The van der Waals surface area contributed by atoms with Crippen LogP contribution in [-0.4, -0.2) is 23.9 Å². The number of ether oxygens (including phenoxy) is 1. The summed E-state index contributed by atoms with van der Waals surface area (Å²) >= 11 is 11.9. The molecular formula is C17H15Cl2F3N2O. The Balaban J connectivity index is 2.34. The highest BCUT2D eigenvalue weighted by Gasteiger charge is 2.61. The molecule has 0 saturated carbocycles. The third-order valence-electron chi connectivity index (χ3n) is 4.13. The lowest BCUT2D eigenvalue weighted by Crippen LogP contribution is -2.50. The van der Waals surface area contributed by atoms with Gasteiger partial charge in [0.15, 0.2) is 0 Å². The second-order valence-electron chi connectivity index (χ2n) is 6.13. The highest BCUT2D eigenvalue weighted by molar-refractivity contribution is 6.31. The molecule has 8 heteroatoms. The first-order valence-electron chi connectivity index (χ1n) is 7.56. The standard InChI is InChI=1S/C17H15Cl2F3N2O/c1-9(2)25-8-16(17(20,21)22)12-5-10(18)3-4-14(12)24-15-13(16)6-11(19)7-23-15/h3-7,9H,8H2,1-2H3,(H,23,24). The number of halogens is 5. The SMILES string of the molecule is CC(C)OCC1(C(F)(F)F)c2cc(Cl)ccc2Nc2ncc(Cl)cc21. The predicted octanol–water partition coefficient (Wildman–Crippen LogP) is 5.72. The monoisotopic (exact) mass is 390 g/mol. The second-order valence-corrected chi connectivity index (χ2v) is 7.00. The molecule has 1 aliphatic rings. The zero-order valence-corrected chi connectivity index (χ0v) is 14.9. The summed E-state index contributed by atoms with van der Waals surface area (Å²) in [6.07, 6.45) is -3.73. The van der Waals surface area contributed by atoms with Crippen molar-refractivity contribution in [1.29, 1.82) is 0 Å². The molecule has 0 amide bonds. The van der Waals surface area contributed by atoms with E-state index < -0.39 is 18.2 Å². The number of nitrogens with one attached hydrogen (secondary N) is 1. The van der Waals surface area contributed by atoms with Crippen LogP contribution in [0.15, 0.2) is 30.5 Å². The Kier molecular flexibility index (Phi) is 4.64. The first-order valence-corrected chi connectivity index (χ1v) is 8.32. The molecule has 2 heterocycles. The van der Waals surface area contributed by atoms with E-state index in [2.05, 4.69) is 10.3 Å². The van der Waals surface area contributed by atoms with E-state index in [1.165, 1.54) is 30.5 Å². The molecule has 0 saturated heterocycles. The lowest BCUT2D eigenvalue weighted by Gasteiger charge is -2.42. The number of hydrogen-bond donors (Lipinski definition) is 1. The van der Waals surface area contributed by atoms with Gasteiger partial charge in [0.25, 0.3) is 0 Å². The lowest BCUT2D eigenvalue weighted by molar-refractivity contribution is -0.195. The fourth-order valence-electron chi connectivity index (χ4n) is 2.95. The Morgan fingerprint density at radius 1 is 1.16 bits per heavy atom. The van der Waals surface area contributed by atoms with Gasteiger partial charge in [0.05, 0.1) is 17.7 Å². The van der Waals surface area contributed by atoms with Gasteiger partial charge in [0.2, 0.25) is 0 Å². The number of hydrogen-bond acceptors (Lipinski definition) is 3. The van der Waals surface area contributed by atoms with Crippen molar-refractivity contribution in [2.24, 2.45) is 0 Å². The van der Waals surface area contributed by atoms with Crippen LogP contribution in [0, 0.1) is 0 Å². The number of anilines is 2. The quantitative estimate of drug-likeness (QED) is 0.727. The summed E-state index contributed by atoms with van der Waals surface area (Å²) in [6, 6.07) is 5.62. The first-order chi connectivity index (χ1) is 11.6. The smallest absolute Gasteiger partial charge is 0.377 e. The molecule has 0 bridgehead atoms. The number of aromatic nitrogens is 1. The van der Waals surface area contributed by atoms with Crippen LogP contribution in [0.4, 0.5) is 24.7 Å². The summed E-state index contributed by atoms with van der Waals surface area (Å²) in [6.45, 7) is 2.76. The summed E-state index contributed by atoms with van der Waals surface area (Å²) < 4.78 is 48.8. The average Bonchev–Trinajstić information content (AvgIpc) is 2.51. The summed E-state index contributed by atoms with van der Waals surface area (Å²) in [5, 5.41) is 3.25. The molecule has 134 valence electrons. The van der Waals surface area contributed by atoms with E-state index in [-0.39, 0.29) is 38.8 Å². The van der Waals surface area contributed by atoms with Crippen molar-refractivity contribution in [3.05, 3.63) is 51.6 Å². The van der Waals surface area contributed by atoms with E-state index in [9.17, 15) is 13.2 Å². The van der Waals surface area contributed by atoms with E-state index in [4.69, 9.17) is 27.9 Å². The van der Waals surface area contributed by atoms with Crippen LogP contribution in [0.1, 0.15) is 25.0 Å². The summed E-state index contributed by atoms with van der Waals surface area (Å²) in [4.78, 5) is 4.04. The third-order valence-corrected chi connectivity index (χ3v) is 4.57. The van der Waals surface area contributed by atoms with Crippen molar-refractivity contribution in [3.63, 3.8) is 0 Å². The Labute approximate surface area is 153 Å². The minimum absolute atomic E-state index is 0.00952. The number of rotatable bonds is 3. The molecule has 1 N–H and O–H groups in total. The number of benzene rings is 1. The van der Waals surface area contributed by atoms with Crippen LogP contribution in [0.5, 0.6) is 0 Å². The minimum Gasteiger partial charge on any atom is -0.377 e. The molecule has 1 aromatic carbocycles. The summed E-state index contributed by atoms with van der Waals surface area (Å²) in [5.41, 5.74) is -2.22. The van der Waals surface area contributed by atoms with E-state index >= 15 is 0 Å². The third kappa shape index (κ3) is 3.07. The van der Waals surface area contributed by atoms with Crippen LogP contribution in [0.2, 0.25) is 10.0 Å². The number of alkyl halides is 3. The van der Waals surface area contributed by atoms with Gasteiger partial charge in [-0.05, 0) is 43.7 Å². The molecule has 0 aliphatic carbocycles. The predicted molar refractivity (Wildman–Crippen MR) is 91.9 cm³/mol. The molecule has 3 rings (SSSR count). The lowest BCUT2D eigenvalue weighted by atomic mass is 9.71. The minimum atomic E-state index is -4.65. The van der Waals surface area contributed by atoms with Gasteiger partial charge in [-0.2, -0.15) is 13.2 Å². The number of nitrogens with zero attached hydrogens (tertiary/aromatic N) is 1. The molecule has 0 radical (unpaired) electrons. The first kappa shape index (κ1) is 18.3. The fraction of sp³-hybridized carbons (Fsp3) is 0.353. The van der Waals surface area contributed by atoms with Crippen LogP contribution >= 0.6 is 23.2 Å². The van der Waals surface area contributed by atoms with Crippen molar-refractivity contribution >= 4 is 34.7 Å². The molecule has 1 atom stereocenters.